The summed E-state index contributed by atoms with van der Waals surface area (Å²) in [5, 5.41) is 0. The summed E-state index contributed by atoms with van der Waals surface area (Å²) in [5.41, 5.74) is 2.26. The van der Waals surface area contributed by atoms with E-state index in [1.54, 1.807) is 17.5 Å². The average molecular weight is 395 g/mol. The van der Waals surface area contributed by atoms with Crippen LogP contribution in [-0.2, 0) is 0 Å². The molecule has 0 radical (unpaired) electrons. The van der Waals surface area contributed by atoms with Crippen LogP contribution in [-0.4, -0.2) is 38.8 Å². The second-order valence-corrected chi connectivity index (χ2v) is 8.40. The summed E-state index contributed by atoms with van der Waals surface area (Å²) in [6.45, 7) is 5.40. The Morgan fingerprint density at radius 3 is 2.61 bits per heavy atom. The van der Waals surface area contributed by atoms with Crippen molar-refractivity contribution in [2.24, 2.45) is 0 Å². The number of aromatic amines is 1. The van der Waals surface area contributed by atoms with Crippen molar-refractivity contribution in [2.45, 2.75) is 32.6 Å². The zero-order valence-corrected chi connectivity index (χ0v) is 16.8. The van der Waals surface area contributed by atoms with Gasteiger partial charge in [-0.3, -0.25) is 14.6 Å². The Labute approximate surface area is 167 Å². The van der Waals surface area contributed by atoms with Crippen LogP contribution in [0.4, 0.5) is 0 Å². The third-order valence-corrected chi connectivity index (χ3v) is 6.37. The maximum absolute atomic E-state index is 12.8. The summed E-state index contributed by atoms with van der Waals surface area (Å²) in [5.74, 6) is 0.915. The number of amides is 1. The molecule has 1 amide bonds. The summed E-state index contributed by atoms with van der Waals surface area (Å²) < 4.78 is 0. The van der Waals surface area contributed by atoms with Crippen LogP contribution >= 0.6 is 11.3 Å². The van der Waals surface area contributed by atoms with Crippen LogP contribution in [0.25, 0.3) is 11.4 Å². The largest absolute Gasteiger partial charge is 0.338 e. The van der Waals surface area contributed by atoms with Crippen LogP contribution < -0.4 is 5.56 Å². The Balaban J connectivity index is 1.49. The van der Waals surface area contributed by atoms with Gasteiger partial charge in [-0.15, -0.1) is 11.3 Å². The van der Waals surface area contributed by atoms with Crippen LogP contribution in [0.1, 0.15) is 44.7 Å². The standard InChI is InChI=1S/C21H22N4O2S/c1-13-11-18(28-14(13)2)21(27)25-9-6-15(7-10-25)20-23-17(12-19(26)24-20)16-5-3-4-8-22-16/h3-5,8,11-12,15H,6-7,9-10H2,1-2H3,(H,23,24,26). The number of aryl methyl sites for hydroxylation is 2. The fourth-order valence-electron chi connectivity index (χ4n) is 3.51. The molecule has 1 saturated heterocycles. The van der Waals surface area contributed by atoms with E-state index in [0.717, 1.165) is 23.3 Å². The summed E-state index contributed by atoms with van der Waals surface area (Å²) >= 11 is 1.56. The highest BCUT2D eigenvalue weighted by atomic mass is 32.1. The lowest BCUT2D eigenvalue weighted by molar-refractivity contribution is 0.0716. The number of rotatable bonds is 3. The molecule has 1 aliphatic rings. The van der Waals surface area contributed by atoms with Crippen molar-refractivity contribution in [2.75, 3.05) is 13.1 Å². The van der Waals surface area contributed by atoms with Crippen molar-refractivity contribution in [3.05, 3.63) is 68.0 Å². The number of nitrogens with zero attached hydrogens (tertiary/aromatic N) is 3. The third-order valence-electron chi connectivity index (χ3n) is 5.23. The van der Waals surface area contributed by atoms with E-state index in [2.05, 4.69) is 15.0 Å². The van der Waals surface area contributed by atoms with Gasteiger partial charge in [0.25, 0.3) is 11.5 Å². The zero-order chi connectivity index (χ0) is 19.7. The molecule has 0 atom stereocenters. The number of piperidine rings is 1. The second-order valence-electron chi connectivity index (χ2n) is 7.15. The molecule has 0 aliphatic carbocycles. The summed E-state index contributed by atoms with van der Waals surface area (Å²) in [4.78, 5) is 40.6. The minimum Gasteiger partial charge on any atom is -0.338 e. The van der Waals surface area contributed by atoms with Gasteiger partial charge >= 0.3 is 0 Å². The highest BCUT2D eigenvalue weighted by molar-refractivity contribution is 7.14. The van der Waals surface area contributed by atoms with Crippen LogP contribution in [0.15, 0.2) is 41.3 Å². The molecule has 0 bridgehead atoms. The smallest absolute Gasteiger partial charge is 0.263 e. The van der Waals surface area contributed by atoms with E-state index in [9.17, 15) is 9.59 Å². The van der Waals surface area contributed by atoms with Crippen LogP contribution in [0.5, 0.6) is 0 Å². The van der Waals surface area contributed by atoms with E-state index >= 15 is 0 Å². The Hall–Kier alpha value is -2.80. The Bertz CT molecular complexity index is 1030. The average Bonchev–Trinajstić information content (AvgIpc) is 3.06. The molecule has 28 heavy (non-hydrogen) atoms. The predicted octanol–water partition coefficient (Wildman–Crippen LogP) is 3.53. The van der Waals surface area contributed by atoms with Gasteiger partial charge in [0.1, 0.15) is 5.82 Å². The fraction of sp³-hybridized carbons (Fsp3) is 0.333. The van der Waals surface area contributed by atoms with Crippen LogP contribution in [0.3, 0.4) is 0 Å². The van der Waals surface area contributed by atoms with E-state index < -0.39 is 0 Å². The first kappa shape index (κ1) is 18.6. The molecule has 3 aromatic rings. The number of pyridine rings is 1. The first-order chi connectivity index (χ1) is 13.5. The predicted molar refractivity (Wildman–Crippen MR) is 110 cm³/mol. The lowest BCUT2D eigenvalue weighted by atomic mass is 9.95. The van der Waals surface area contributed by atoms with Crippen molar-refractivity contribution >= 4 is 17.2 Å². The first-order valence-electron chi connectivity index (χ1n) is 9.40. The van der Waals surface area contributed by atoms with E-state index in [0.29, 0.717) is 30.3 Å². The SMILES string of the molecule is Cc1cc(C(=O)N2CCC(c3nc(-c4ccccn4)cc(=O)[nH]3)CC2)sc1C. The minimum atomic E-state index is -0.173. The van der Waals surface area contributed by atoms with Crippen molar-refractivity contribution in [3.63, 3.8) is 0 Å². The van der Waals surface area contributed by atoms with Gasteiger partial charge in [0.2, 0.25) is 0 Å². The monoisotopic (exact) mass is 394 g/mol. The number of likely N-dealkylation sites (tertiary alicyclic amines) is 1. The van der Waals surface area contributed by atoms with Crippen molar-refractivity contribution in [3.8, 4) is 11.4 Å². The molecular weight excluding hydrogens is 372 g/mol. The first-order valence-corrected chi connectivity index (χ1v) is 10.2. The third kappa shape index (κ3) is 3.75. The number of hydrogen-bond donors (Lipinski definition) is 1. The van der Waals surface area contributed by atoms with Gasteiger partial charge in [0.05, 0.1) is 16.3 Å². The molecule has 1 aliphatic heterocycles. The normalized spacial score (nSPS) is 15.0. The summed E-state index contributed by atoms with van der Waals surface area (Å²) in [6, 6.07) is 9.01. The molecule has 0 aromatic carbocycles. The molecule has 6 nitrogen and oxygen atoms in total. The number of carbonyl (C=O) groups is 1. The molecule has 0 spiro atoms. The molecule has 0 unspecified atom stereocenters. The second kappa shape index (κ2) is 7.67. The van der Waals surface area contributed by atoms with E-state index in [4.69, 9.17) is 0 Å². The van der Waals surface area contributed by atoms with Gasteiger partial charge < -0.3 is 9.88 Å². The van der Waals surface area contributed by atoms with Gasteiger partial charge in [0, 0.05) is 36.1 Å². The number of carbonyl (C=O) groups excluding carboxylic acids is 1. The van der Waals surface area contributed by atoms with Crippen molar-refractivity contribution in [1.29, 1.82) is 0 Å². The number of nitrogens with one attached hydrogen (secondary N) is 1. The quantitative estimate of drug-likeness (QED) is 0.737. The van der Waals surface area contributed by atoms with E-state index in [-0.39, 0.29) is 17.4 Å². The number of hydrogen-bond acceptors (Lipinski definition) is 5. The molecular formula is C21H22N4O2S. The summed E-state index contributed by atoms with van der Waals surface area (Å²) in [6.07, 6.45) is 3.25. The van der Waals surface area contributed by atoms with Gasteiger partial charge in [-0.25, -0.2) is 4.98 Å². The van der Waals surface area contributed by atoms with Gasteiger partial charge in [0.15, 0.2) is 0 Å². The molecule has 3 aromatic heterocycles. The van der Waals surface area contributed by atoms with Crippen molar-refractivity contribution < 1.29 is 4.79 Å². The van der Waals surface area contributed by atoms with Gasteiger partial charge in [-0.05, 0) is 50.5 Å². The van der Waals surface area contributed by atoms with Gasteiger partial charge in [-0.2, -0.15) is 0 Å². The molecule has 7 heteroatoms. The number of aromatic nitrogens is 3. The van der Waals surface area contributed by atoms with Crippen LogP contribution in [0, 0.1) is 13.8 Å². The number of H-pyrrole nitrogens is 1. The van der Waals surface area contributed by atoms with E-state index in [1.165, 1.54) is 10.9 Å². The Kier molecular flexibility index (Phi) is 5.09. The van der Waals surface area contributed by atoms with Gasteiger partial charge in [-0.1, -0.05) is 6.07 Å². The topological polar surface area (TPSA) is 79.0 Å². The number of thiophene rings is 1. The lowest BCUT2D eigenvalue weighted by Crippen LogP contribution is -2.38. The molecule has 4 heterocycles. The maximum atomic E-state index is 12.8. The maximum Gasteiger partial charge on any atom is 0.263 e. The highest BCUT2D eigenvalue weighted by Gasteiger charge is 2.27. The van der Waals surface area contributed by atoms with Crippen molar-refractivity contribution in [1.82, 2.24) is 19.9 Å². The molecule has 0 saturated carbocycles. The van der Waals surface area contributed by atoms with E-state index in [1.807, 2.05) is 43.0 Å². The zero-order valence-electron chi connectivity index (χ0n) is 15.9. The molecule has 1 N–H and O–H groups in total. The summed E-state index contributed by atoms with van der Waals surface area (Å²) in [7, 11) is 0. The Morgan fingerprint density at radius 2 is 1.96 bits per heavy atom. The molecule has 4 rings (SSSR count). The molecule has 144 valence electrons. The lowest BCUT2D eigenvalue weighted by Gasteiger charge is -2.31. The Morgan fingerprint density at radius 1 is 1.18 bits per heavy atom. The highest BCUT2D eigenvalue weighted by Crippen LogP contribution is 2.29. The van der Waals surface area contributed by atoms with Crippen LogP contribution in [0.2, 0.25) is 0 Å². The minimum absolute atomic E-state index is 0.100. The molecule has 1 fully saturated rings. The fourth-order valence-corrected chi connectivity index (χ4v) is 4.51.